The van der Waals surface area contributed by atoms with E-state index in [1.807, 2.05) is 30.3 Å². The van der Waals surface area contributed by atoms with Gasteiger partial charge in [-0.25, -0.2) is 4.98 Å². The molecule has 0 bridgehead atoms. The summed E-state index contributed by atoms with van der Waals surface area (Å²) in [6, 6.07) is 9.60. The molecule has 0 aliphatic rings. The van der Waals surface area contributed by atoms with Gasteiger partial charge in [-0.05, 0) is 37.3 Å². The van der Waals surface area contributed by atoms with Crippen LogP contribution in [0.5, 0.6) is 0 Å². The second-order valence-electron chi connectivity index (χ2n) is 4.56. The second-order valence-corrected chi connectivity index (χ2v) is 4.56. The molecular formula is C14H15N5O. The van der Waals surface area contributed by atoms with Gasteiger partial charge in [0.2, 0.25) is 5.89 Å². The number of hydrogen-bond donors (Lipinski definition) is 2. The summed E-state index contributed by atoms with van der Waals surface area (Å²) in [6.07, 6.45) is 0.669. The third-order valence-electron chi connectivity index (χ3n) is 2.93. The largest absolute Gasteiger partial charge is 0.399 e. The van der Waals surface area contributed by atoms with Crippen LogP contribution in [0, 0.1) is 6.92 Å². The van der Waals surface area contributed by atoms with Crippen molar-refractivity contribution in [2.75, 3.05) is 17.6 Å². The molecule has 0 fully saturated rings. The number of pyridine rings is 1. The summed E-state index contributed by atoms with van der Waals surface area (Å²) in [5, 5.41) is 8.02. The third kappa shape index (κ3) is 2.69. The first kappa shape index (κ1) is 12.4. The minimum atomic E-state index is 0.628. The molecule has 0 radical (unpaired) electrons. The van der Waals surface area contributed by atoms with Crippen LogP contribution < -0.4 is 11.1 Å². The smallest absolute Gasteiger partial charge is 0.228 e. The van der Waals surface area contributed by atoms with Gasteiger partial charge in [0.05, 0.1) is 5.52 Å². The van der Waals surface area contributed by atoms with E-state index < -0.39 is 0 Å². The topological polar surface area (TPSA) is 89.9 Å². The Morgan fingerprint density at radius 2 is 2.10 bits per heavy atom. The Morgan fingerprint density at radius 1 is 1.20 bits per heavy atom. The normalized spacial score (nSPS) is 10.8. The molecule has 2 heterocycles. The maximum Gasteiger partial charge on any atom is 0.228 e. The Bertz CT molecular complexity index is 737. The van der Waals surface area contributed by atoms with Crippen molar-refractivity contribution >= 4 is 22.4 Å². The number of benzene rings is 1. The van der Waals surface area contributed by atoms with Gasteiger partial charge in [0.1, 0.15) is 5.82 Å². The van der Waals surface area contributed by atoms with E-state index >= 15 is 0 Å². The van der Waals surface area contributed by atoms with Crippen LogP contribution in [-0.4, -0.2) is 21.7 Å². The Morgan fingerprint density at radius 3 is 2.90 bits per heavy atom. The maximum absolute atomic E-state index is 5.74. The summed E-state index contributed by atoms with van der Waals surface area (Å²) in [7, 11) is 0. The predicted molar refractivity (Wildman–Crippen MR) is 77.4 cm³/mol. The van der Waals surface area contributed by atoms with Crippen LogP contribution in [0.4, 0.5) is 11.5 Å². The number of nitrogens with one attached hydrogen (secondary N) is 1. The Kier molecular flexibility index (Phi) is 3.20. The van der Waals surface area contributed by atoms with Crippen molar-refractivity contribution in [2.45, 2.75) is 13.3 Å². The standard InChI is InChI=1S/C14H15N5O/c1-9-17-14(20-19-9)6-7-16-13-5-2-10-8-11(15)3-4-12(10)18-13/h2-5,8H,6-7,15H2,1H3,(H,16,18). The quantitative estimate of drug-likeness (QED) is 0.705. The van der Waals surface area contributed by atoms with Crippen LogP contribution in [0.15, 0.2) is 34.9 Å². The van der Waals surface area contributed by atoms with Crippen molar-refractivity contribution in [3.8, 4) is 0 Å². The summed E-state index contributed by atoms with van der Waals surface area (Å²) in [5.41, 5.74) is 7.40. The van der Waals surface area contributed by atoms with Crippen LogP contribution in [0.3, 0.4) is 0 Å². The molecule has 0 unspecified atom stereocenters. The average molecular weight is 269 g/mol. The molecule has 0 amide bonds. The molecule has 0 saturated carbocycles. The maximum atomic E-state index is 5.74. The minimum absolute atomic E-state index is 0.628. The predicted octanol–water partition coefficient (Wildman–Crippen LogP) is 2.16. The monoisotopic (exact) mass is 269 g/mol. The van der Waals surface area contributed by atoms with Crippen molar-refractivity contribution in [2.24, 2.45) is 0 Å². The number of aromatic nitrogens is 3. The molecule has 6 heteroatoms. The minimum Gasteiger partial charge on any atom is -0.399 e. The summed E-state index contributed by atoms with van der Waals surface area (Å²) in [5.74, 6) is 2.10. The summed E-state index contributed by atoms with van der Waals surface area (Å²) < 4.78 is 5.05. The van der Waals surface area contributed by atoms with Gasteiger partial charge >= 0.3 is 0 Å². The third-order valence-corrected chi connectivity index (χ3v) is 2.93. The van der Waals surface area contributed by atoms with Gasteiger partial charge in [-0.3, -0.25) is 0 Å². The van der Waals surface area contributed by atoms with Gasteiger partial charge in [-0.2, -0.15) is 4.98 Å². The van der Waals surface area contributed by atoms with Gasteiger partial charge in [0.25, 0.3) is 0 Å². The number of fused-ring (bicyclic) bond motifs is 1. The highest BCUT2D eigenvalue weighted by atomic mass is 16.5. The average Bonchev–Trinajstić information content (AvgIpc) is 2.85. The molecule has 0 aliphatic heterocycles. The lowest BCUT2D eigenvalue weighted by molar-refractivity contribution is 0.377. The number of rotatable bonds is 4. The summed E-state index contributed by atoms with van der Waals surface area (Å²) >= 11 is 0. The lowest BCUT2D eigenvalue weighted by Crippen LogP contribution is -2.06. The molecule has 3 aromatic rings. The lowest BCUT2D eigenvalue weighted by atomic mass is 10.2. The van der Waals surface area contributed by atoms with Gasteiger partial charge in [-0.1, -0.05) is 5.16 Å². The highest BCUT2D eigenvalue weighted by Crippen LogP contribution is 2.17. The highest BCUT2D eigenvalue weighted by molar-refractivity contribution is 5.83. The second kappa shape index (κ2) is 5.16. The number of anilines is 2. The van der Waals surface area contributed by atoms with Crippen molar-refractivity contribution in [1.29, 1.82) is 0 Å². The number of nitrogen functional groups attached to an aromatic ring is 1. The number of hydrogen-bond acceptors (Lipinski definition) is 6. The first-order chi connectivity index (χ1) is 9.70. The Balaban J connectivity index is 1.67. The fourth-order valence-corrected chi connectivity index (χ4v) is 1.98. The molecule has 0 saturated heterocycles. The molecule has 20 heavy (non-hydrogen) atoms. The molecule has 0 spiro atoms. The van der Waals surface area contributed by atoms with E-state index in [9.17, 15) is 0 Å². The van der Waals surface area contributed by atoms with E-state index in [0.29, 0.717) is 24.7 Å². The van der Waals surface area contributed by atoms with Crippen LogP contribution in [-0.2, 0) is 6.42 Å². The lowest BCUT2D eigenvalue weighted by Gasteiger charge is -2.05. The molecule has 6 nitrogen and oxygen atoms in total. The SMILES string of the molecule is Cc1noc(CCNc2ccc3cc(N)ccc3n2)n1. The first-order valence-electron chi connectivity index (χ1n) is 6.40. The van der Waals surface area contributed by atoms with Gasteiger partial charge in [0, 0.05) is 24.0 Å². The molecular weight excluding hydrogens is 254 g/mol. The van der Waals surface area contributed by atoms with Crippen molar-refractivity contribution in [3.05, 3.63) is 42.0 Å². The fraction of sp³-hybridized carbons (Fsp3) is 0.214. The van der Waals surface area contributed by atoms with E-state index in [-0.39, 0.29) is 0 Å². The van der Waals surface area contributed by atoms with Crippen LogP contribution in [0.2, 0.25) is 0 Å². The molecule has 1 aromatic carbocycles. The van der Waals surface area contributed by atoms with Crippen molar-refractivity contribution in [3.63, 3.8) is 0 Å². The fourth-order valence-electron chi connectivity index (χ4n) is 1.98. The zero-order valence-corrected chi connectivity index (χ0v) is 11.1. The van der Waals surface area contributed by atoms with E-state index in [0.717, 1.165) is 22.4 Å². The Labute approximate surface area is 116 Å². The highest BCUT2D eigenvalue weighted by Gasteiger charge is 2.03. The van der Waals surface area contributed by atoms with E-state index in [1.54, 1.807) is 6.92 Å². The van der Waals surface area contributed by atoms with Crippen LogP contribution >= 0.6 is 0 Å². The Hall–Kier alpha value is -2.63. The van der Waals surface area contributed by atoms with Crippen molar-refractivity contribution < 1.29 is 4.52 Å². The van der Waals surface area contributed by atoms with E-state index in [2.05, 4.69) is 20.4 Å². The van der Waals surface area contributed by atoms with Crippen LogP contribution in [0.25, 0.3) is 10.9 Å². The van der Waals surface area contributed by atoms with Gasteiger partial charge < -0.3 is 15.6 Å². The van der Waals surface area contributed by atoms with E-state index in [4.69, 9.17) is 10.3 Å². The molecule has 3 rings (SSSR count). The van der Waals surface area contributed by atoms with E-state index in [1.165, 1.54) is 0 Å². The zero-order valence-electron chi connectivity index (χ0n) is 11.1. The zero-order chi connectivity index (χ0) is 13.9. The number of nitrogens with zero attached hydrogens (tertiary/aromatic N) is 3. The summed E-state index contributed by atoms with van der Waals surface area (Å²) in [6.45, 7) is 2.49. The molecule has 3 N–H and O–H groups in total. The van der Waals surface area contributed by atoms with Crippen LogP contribution in [0.1, 0.15) is 11.7 Å². The number of nitrogens with two attached hydrogens (primary N) is 1. The van der Waals surface area contributed by atoms with Gasteiger partial charge in [-0.15, -0.1) is 0 Å². The van der Waals surface area contributed by atoms with Gasteiger partial charge in [0.15, 0.2) is 5.82 Å². The molecule has 0 aliphatic carbocycles. The molecule has 2 aromatic heterocycles. The van der Waals surface area contributed by atoms with Crippen molar-refractivity contribution in [1.82, 2.24) is 15.1 Å². The number of aryl methyl sites for hydroxylation is 1. The molecule has 0 atom stereocenters. The first-order valence-corrected chi connectivity index (χ1v) is 6.40. The summed E-state index contributed by atoms with van der Waals surface area (Å²) in [4.78, 5) is 8.67. The molecule has 102 valence electrons.